The van der Waals surface area contributed by atoms with E-state index in [1.807, 2.05) is 6.92 Å². The number of nitrogens with one attached hydrogen (secondary N) is 1. The van der Waals surface area contributed by atoms with Gasteiger partial charge in [-0.25, -0.2) is 9.59 Å². The molecule has 1 aromatic carbocycles. The lowest BCUT2D eigenvalue weighted by molar-refractivity contribution is -0.131. The summed E-state index contributed by atoms with van der Waals surface area (Å²) in [5.41, 5.74) is 1.43. The van der Waals surface area contributed by atoms with Crippen molar-refractivity contribution in [3.63, 3.8) is 0 Å². The Hall–Kier alpha value is -2.34. The van der Waals surface area contributed by atoms with Gasteiger partial charge in [-0.3, -0.25) is 0 Å². The van der Waals surface area contributed by atoms with Gasteiger partial charge in [0, 0.05) is 18.3 Å². The fourth-order valence-electron chi connectivity index (χ4n) is 2.07. The number of aliphatic carboxylic acids is 1. The molecule has 1 fully saturated rings. The van der Waals surface area contributed by atoms with E-state index in [4.69, 9.17) is 9.84 Å². The summed E-state index contributed by atoms with van der Waals surface area (Å²) in [6.45, 7) is 3.62. The number of carbonyl (C=O) groups excluding carboxylic acids is 1. The molecule has 0 aliphatic carbocycles. The first-order valence-electron chi connectivity index (χ1n) is 6.72. The number of anilines is 1. The summed E-state index contributed by atoms with van der Waals surface area (Å²) in [6.07, 6.45) is 2.57. The SMILES string of the molecule is CC1COCCN1C(=O)Nc1ccc(C=CC(=O)O)cc1. The van der Waals surface area contributed by atoms with Crippen molar-refractivity contribution in [3.8, 4) is 0 Å². The summed E-state index contributed by atoms with van der Waals surface area (Å²) in [5.74, 6) is -0.992. The van der Waals surface area contributed by atoms with Gasteiger partial charge in [0.05, 0.1) is 19.3 Å². The fourth-order valence-corrected chi connectivity index (χ4v) is 2.07. The number of benzene rings is 1. The lowest BCUT2D eigenvalue weighted by atomic mass is 10.2. The average Bonchev–Trinajstić information content (AvgIpc) is 2.47. The van der Waals surface area contributed by atoms with Gasteiger partial charge in [-0.1, -0.05) is 12.1 Å². The molecule has 2 amide bonds. The zero-order valence-corrected chi connectivity index (χ0v) is 11.8. The highest BCUT2D eigenvalue weighted by Gasteiger charge is 2.23. The number of hydrogen-bond donors (Lipinski definition) is 2. The van der Waals surface area contributed by atoms with Crippen LogP contribution in [-0.2, 0) is 9.53 Å². The van der Waals surface area contributed by atoms with Crippen molar-refractivity contribution in [2.75, 3.05) is 25.1 Å². The Morgan fingerprint density at radius 1 is 1.38 bits per heavy atom. The highest BCUT2D eigenvalue weighted by molar-refractivity contribution is 5.90. The molecule has 6 heteroatoms. The van der Waals surface area contributed by atoms with E-state index in [1.165, 1.54) is 6.08 Å². The van der Waals surface area contributed by atoms with Gasteiger partial charge in [0.1, 0.15) is 0 Å². The number of carbonyl (C=O) groups is 2. The fraction of sp³-hybridized carbons (Fsp3) is 0.333. The minimum Gasteiger partial charge on any atom is -0.478 e. The number of rotatable bonds is 3. The second-order valence-corrected chi connectivity index (χ2v) is 4.84. The number of carboxylic acids is 1. The molecular weight excluding hydrogens is 272 g/mol. The number of carboxylic acid groups (broad SMARTS) is 1. The van der Waals surface area contributed by atoms with Gasteiger partial charge in [0.2, 0.25) is 0 Å². The van der Waals surface area contributed by atoms with E-state index in [9.17, 15) is 9.59 Å². The average molecular weight is 290 g/mol. The lowest BCUT2D eigenvalue weighted by Gasteiger charge is -2.33. The van der Waals surface area contributed by atoms with Gasteiger partial charge < -0.3 is 20.1 Å². The molecule has 0 saturated carbocycles. The van der Waals surface area contributed by atoms with Crippen LogP contribution in [0.3, 0.4) is 0 Å². The van der Waals surface area contributed by atoms with E-state index in [2.05, 4.69) is 5.32 Å². The Bertz CT molecular complexity index is 539. The van der Waals surface area contributed by atoms with Crippen LogP contribution >= 0.6 is 0 Å². The number of urea groups is 1. The molecule has 1 aromatic rings. The van der Waals surface area contributed by atoms with Gasteiger partial charge in [0.15, 0.2) is 0 Å². The highest BCUT2D eigenvalue weighted by atomic mass is 16.5. The number of hydrogen-bond acceptors (Lipinski definition) is 3. The molecule has 0 spiro atoms. The zero-order valence-electron chi connectivity index (χ0n) is 11.8. The molecule has 0 bridgehead atoms. The third-order valence-corrected chi connectivity index (χ3v) is 3.21. The van der Waals surface area contributed by atoms with Crippen molar-refractivity contribution in [1.29, 1.82) is 0 Å². The molecule has 1 aliphatic rings. The van der Waals surface area contributed by atoms with Gasteiger partial charge in [-0.2, -0.15) is 0 Å². The first-order valence-corrected chi connectivity index (χ1v) is 6.72. The maximum absolute atomic E-state index is 12.1. The highest BCUT2D eigenvalue weighted by Crippen LogP contribution is 2.13. The number of morpholine rings is 1. The molecule has 6 nitrogen and oxygen atoms in total. The number of amides is 2. The Morgan fingerprint density at radius 3 is 2.71 bits per heavy atom. The molecule has 1 heterocycles. The predicted molar refractivity (Wildman–Crippen MR) is 79.1 cm³/mol. The smallest absolute Gasteiger partial charge is 0.328 e. The summed E-state index contributed by atoms with van der Waals surface area (Å²) in [5, 5.41) is 11.4. The predicted octanol–water partition coefficient (Wildman–Crippen LogP) is 2.04. The molecule has 2 N–H and O–H groups in total. The summed E-state index contributed by atoms with van der Waals surface area (Å²) >= 11 is 0. The van der Waals surface area contributed by atoms with Crippen molar-refractivity contribution in [1.82, 2.24) is 4.90 Å². The summed E-state index contributed by atoms with van der Waals surface area (Å²) in [4.78, 5) is 24.3. The van der Waals surface area contributed by atoms with Crippen molar-refractivity contribution < 1.29 is 19.4 Å². The van der Waals surface area contributed by atoms with Crippen LogP contribution in [0.1, 0.15) is 12.5 Å². The molecule has 2 rings (SSSR count). The zero-order chi connectivity index (χ0) is 15.2. The number of ether oxygens (including phenoxy) is 1. The molecule has 0 radical (unpaired) electrons. The van der Waals surface area contributed by atoms with E-state index < -0.39 is 5.97 Å². The van der Waals surface area contributed by atoms with Crippen molar-refractivity contribution in [3.05, 3.63) is 35.9 Å². The van der Waals surface area contributed by atoms with E-state index >= 15 is 0 Å². The Morgan fingerprint density at radius 2 is 2.10 bits per heavy atom. The molecule has 1 atom stereocenters. The second-order valence-electron chi connectivity index (χ2n) is 4.84. The van der Waals surface area contributed by atoms with Crippen LogP contribution in [0.25, 0.3) is 6.08 Å². The van der Waals surface area contributed by atoms with Crippen molar-refractivity contribution >= 4 is 23.8 Å². The Balaban J connectivity index is 1.96. The quantitative estimate of drug-likeness (QED) is 0.835. The summed E-state index contributed by atoms with van der Waals surface area (Å²) in [6, 6.07) is 6.88. The lowest BCUT2D eigenvalue weighted by Crippen LogP contribution is -2.48. The standard InChI is InChI=1S/C15H18N2O4/c1-11-10-21-9-8-17(11)15(20)16-13-5-2-12(3-6-13)4-7-14(18)19/h2-7,11H,8-10H2,1H3,(H,16,20)(H,18,19). The third kappa shape index (κ3) is 4.32. The Kier molecular flexibility index (Phi) is 4.94. The van der Waals surface area contributed by atoms with Crippen LogP contribution in [0, 0.1) is 0 Å². The Labute approximate surface area is 123 Å². The summed E-state index contributed by atoms with van der Waals surface area (Å²) < 4.78 is 5.30. The molecule has 1 saturated heterocycles. The van der Waals surface area contributed by atoms with Crippen molar-refractivity contribution in [2.45, 2.75) is 13.0 Å². The van der Waals surface area contributed by atoms with E-state index in [0.717, 1.165) is 11.6 Å². The first kappa shape index (κ1) is 15.1. The van der Waals surface area contributed by atoms with Gasteiger partial charge >= 0.3 is 12.0 Å². The van der Waals surface area contributed by atoms with Crippen LogP contribution < -0.4 is 5.32 Å². The van der Waals surface area contributed by atoms with Gasteiger partial charge in [0.25, 0.3) is 0 Å². The molecule has 112 valence electrons. The number of nitrogens with zero attached hydrogens (tertiary/aromatic N) is 1. The van der Waals surface area contributed by atoms with Crippen LogP contribution in [-0.4, -0.2) is 47.8 Å². The minimum absolute atomic E-state index is 0.0523. The topological polar surface area (TPSA) is 78.9 Å². The van der Waals surface area contributed by atoms with Crippen LogP contribution in [0.5, 0.6) is 0 Å². The third-order valence-electron chi connectivity index (χ3n) is 3.21. The van der Waals surface area contributed by atoms with Crippen molar-refractivity contribution in [2.24, 2.45) is 0 Å². The second kappa shape index (κ2) is 6.90. The monoisotopic (exact) mass is 290 g/mol. The molecule has 1 unspecified atom stereocenters. The molecule has 1 aliphatic heterocycles. The van der Waals surface area contributed by atoms with Gasteiger partial charge in [-0.15, -0.1) is 0 Å². The maximum Gasteiger partial charge on any atom is 0.328 e. The molecule has 0 aromatic heterocycles. The van der Waals surface area contributed by atoms with E-state index in [0.29, 0.717) is 25.4 Å². The van der Waals surface area contributed by atoms with E-state index in [1.54, 1.807) is 29.2 Å². The largest absolute Gasteiger partial charge is 0.478 e. The summed E-state index contributed by atoms with van der Waals surface area (Å²) in [7, 11) is 0. The molecule has 21 heavy (non-hydrogen) atoms. The van der Waals surface area contributed by atoms with E-state index in [-0.39, 0.29) is 12.1 Å². The molecular formula is C15H18N2O4. The normalized spacial score (nSPS) is 18.7. The first-order chi connectivity index (χ1) is 10.1. The van der Waals surface area contributed by atoms with Crippen LogP contribution in [0.4, 0.5) is 10.5 Å². The minimum atomic E-state index is -0.992. The maximum atomic E-state index is 12.1. The van der Waals surface area contributed by atoms with Crippen LogP contribution in [0.15, 0.2) is 30.3 Å². The van der Waals surface area contributed by atoms with Gasteiger partial charge in [-0.05, 0) is 30.7 Å². The van der Waals surface area contributed by atoms with Crippen LogP contribution in [0.2, 0.25) is 0 Å².